The Kier molecular flexibility index (Phi) is 6.26. The van der Waals surface area contributed by atoms with Gasteiger partial charge in [-0.2, -0.15) is 10.4 Å². The largest absolute Gasteiger partial charge is 0.493 e. The number of nitrogens with two attached hydrogens (primary N) is 1. The number of aromatic amines is 1. The Hall–Kier alpha value is -4.26. The number of carboxylic acid groups (broad SMARTS) is 1. The second kappa shape index (κ2) is 9.04. The zero-order valence-corrected chi connectivity index (χ0v) is 17.2. The molecule has 0 spiro atoms. The number of nitrogen functional groups attached to an aromatic ring is 1. The van der Waals surface area contributed by atoms with Gasteiger partial charge in [0.2, 0.25) is 5.75 Å². The Morgan fingerprint density at radius 2 is 1.87 bits per heavy atom. The van der Waals surface area contributed by atoms with Crippen molar-refractivity contribution in [2.75, 3.05) is 27.1 Å². The molecule has 0 radical (unpaired) electrons. The lowest BCUT2D eigenvalue weighted by atomic mass is 9.85. The lowest BCUT2D eigenvalue weighted by Crippen LogP contribution is -2.11. The molecule has 10 nitrogen and oxygen atoms in total. The van der Waals surface area contributed by atoms with Gasteiger partial charge in [-0.05, 0) is 30.5 Å². The van der Waals surface area contributed by atoms with Crippen molar-refractivity contribution < 1.29 is 24.1 Å². The fraction of sp³-hybridized carbons (Fsp3) is 0.238. The minimum absolute atomic E-state index is 0.169. The normalized spacial score (nSPS) is 11.2. The smallest absolute Gasteiger partial charge is 0.290 e. The van der Waals surface area contributed by atoms with Gasteiger partial charge in [-0.1, -0.05) is 0 Å². The highest BCUT2D eigenvalue weighted by Gasteiger charge is 2.29. The van der Waals surface area contributed by atoms with E-state index in [1.165, 1.54) is 0 Å². The van der Waals surface area contributed by atoms with Crippen LogP contribution in [0.5, 0.6) is 17.2 Å². The molecule has 1 aliphatic carbocycles. The Labute approximate surface area is 178 Å². The van der Waals surface area contributed by atoms with E-state index in [1.54, 1.807) is 33.6 Å². The number of anilines is 1. The zero-order chi connectivity index (χ0) is 22.5. The summed E-state index contributed by atoms with van der Waals surface area (Å²) in [6, 6.07) is 5.84. The summed E-state index contributed by atoms with van der Waals surface area (Å²) < 4.78 is 16.6. The highest BCUT2D eigenvalue weighted by molar-refractivity contribution is 5.89. The molecule has 0 unspecified atom stereocenters. The molecule has 0 atom stereocenters. The number of aryl methyl sites for hydroxylation is 1. The molecule has 2 heterocycles. The first-order chi connectivity index (χ1) is 15.1. The molecule has 0 aliphatic heterocycles. The standard InChI is InChI=1S/C20H19N5O3.CH2O2/c1-26-15-7-5-11(18(27-2)19(15)28-3)16-10-4-6-14-13(9-23-25-14)17(10)24-20(22)12(16)8-21;2-1-3/h5,7,9H,4,6H2,1-3H3,(H2,22,24)(H,23,25);1H,(H,2,3). The second-order valence-corrected chi connectivity index (χ2v) is 6.44. The number of H-pyrrole nitrogens is 1. The number of carbonyl (C=O) groups is 1. The van der Waals surface area contributed by atoms with E-state index in [4.69, 9.17) is 29.8 Å². The van der Waals surface area contributed by atoms with Gasteiger partial charge in [-0.3, -0.25) is 9.89 Å². The van der Waals surface area contributed by atoms with Crippen LogP contribution in [0.4, 0.5) is 5.82 Å². The zero-order valence-electron chi connectivity index (χ0n) is 17.2. The van der Waals surface area contributed by atoms with E-state index in [0.717, 1.165) is 28.9 Å². The highest BCUT2D eigenvalue weighted by atomic mass is 16.5. The van der Waals surface area contributed by atoms with Gasteiger partial charge in [0.05, 0.1) is 33.2 Å². The summed E-state index contributed by atoms with van der Waals surface area (Å²) in [7, 11) is 4.66. The quantitative estimate of drug-likeness (QED) is 0.536. The van der Waals surface area contributed by atoms with Crippen LogP contribution in [0.3, 0.4) is 0 Å². The minimum Gasteiger partial charge on any atom is -0.493 e. The van der Waals surface area contributed by atoms with Crippen LogP contribution in [-0.2, 0) is 17.6 Å². The summed E-state index contributed by atoms with van der Waals surface area (Å²) in [5.74, 6) is 1.64. The van der Waals surface area contributed by atoms with Crippen molar-refractivity contribution in [3.8, 4) is 45.7 Å². The highest BCUT2D eigenvalue weighted by Crippen LogP contribution is 2.48. The molecule has 0 amide bonds. The van der Waals surface area contributed by atoms with Gasteiger partial charge in [-0.25, -0.2) is 4.98 Å². The Morgan fingerprint density at radius 3 is 2.48 bits per heavy atom. The first-order valence-corrected chi connectivity index (χ1v) is 9.18. The molecule has 0 fully saturated rings. The fourth-order valence-corrected chi connectivity index (χ4v) is 3.77. The average Bonchev–Trinajstić information content (AvgIpc) is 3.27. The molecule has 0 bridgehead atoms. The summed E-state index contributed by atoms with van der Waals surface area (Å²) in [6.07, 6.45) is 3.20. The summed E-state index contributed by atoms with van der Waals surface area (Å²) in [6.45, 7) is -0.250. The van der Waals surface area contributed by atoms with E-state index in [1.807, 2.05) is 6.07 Å². The molecule has 0 saturated carbocycles. The fourth-order valence-electron chi connectivity index (χ4n) is 3.77. The number of benzene rings is 1. The number of nitrogens with zero attached hydrogens (tertiary/aromatic N) is 3. The number of aromatic nitrogens is 3. The van der Waals surface area contributed by atoms with Crippen molar-refractivity contribution in [1.82, 2.24) is 15.2 Å². The van der Waals surface area contributed by atoms with Gasteiger partial charge in [0, 0.05) is 22.4 Å². The predicted octanol–water partition coefficient (Wildman–Crippen LogP) is 2.42. The summed E-state index contributed by atoms with van der Waals surface area (Å²) >= 11 is 0. The van der Waals surface area contributed by atoms with Crippen LogP contribution in [0.15, 0.2) is 18.3 Å². The van der Waals surface area contributed by atoms with Gasteiger partial charge in [0.25, 0.3) is 6.47 Å². The number of methoxy groups -OCH3 is 3. The average molecular weight is 423 g/mol. The Bertz CT molecular complexity index is 1170. The van der Waals surface area contributed by atoms with Crippen molar-refractivity contribution in [3.63, 3.8) is 0 Å². The van der Waals surface area contributed by atoms with Gasteiger partial charge < -0.3 is 25.1 Å². The Morgan fingerprint density at radius 1 is 1.16 bits per heavy atom. The SMILES string of the molecule is COc1ccc(-c2c(C#N)c(N)nc3c2CCc2[nH]ncc2-3)c(OC)c1OC.O=CO. The molecule has 4 N–H and O–H groups in total. The van der Waals surface area contributed by atoms with E-state index in [-0.39, 0.29) is 12.3 Å². The maximum atomic E-state index is 9.82. The number of hydrogen-bond acceptors (Lipinski definition) is 8. The van der Waals surface area contributed by atoms with E-state index in [2.05, 4.69) is 21.3 Å². The van der Waals surface area contributed by atoms with Crippen molar-refractivity contribution in [3.05, 3.63) is 35.2 Å². The molecule has 4 rings (SSSR count). The molecular weight excluding hydrogens is 402 g/mol. The number of fused-ring (bicyclic) bond motifs is 3. The van der Waals surface area contributed by atoms with Crippen molar-refractivity contribution in [2.45, 2.75) is 12.8 Å². The van der Waals surface area contributed by atoms with Gasteiger partial charge >= 0.3 is 0 Å². The molecule has 3 aromatic rings. The van der Waals surface area contributed by atoms with E-state index in [9.17, 15) is 5.26 Å². The molecule has 2 aromatic heterocycles. The number of ether oxygens (including phenoxy) is 3. The minimum atomic E-state index is -0.250. The van der Waals surface area contributed by atoms with Crippen LogP contribution in [0.2, 0.25) is 0 Å². The van der Waals surface area contributed by atoms with Crippen molar-refractivity contribution in [2.24, 2.45) is 0 Å². The van der Waals surface area contributed by atoms with Crippen molar-refractivity contribution >= 4 is 12.3 Å². The number of nitriles is 1. The van der Waals surface area contributed by atoms with Crippen LogP contribution in [0.1, 0.15) is 16.8 Å². The Balaban J connectivity index is 0.000000858. The number of hydrogen-bond donors (Lipinski definition) is 3. The molecule has 0 saturated heterocycles. The van der Waals surface area contributed by atoms with Crippen LogP contribution in [0.25, 0.3) is 22.4 Å². The first-order valence-electron chi connectivity index (χ1n) is 9.18. The van der Waals surface area contributed by atoms with Crippen LogP contribution < -0.4 is 19.9 Å². The molecular formula is C21H21N5O5. The van der Waals surface area contributed by atoms with Gasteiger partial charge in [-0.15, -0.1) is 0 Å². The van der Waals surface area contributed by atoms with E-state index < -0.39 is 0 Å². The maximum absolute atomic E-state index is 9.82. The molecule has 10 heteroatoms. The van der Waals surface area contributed by atoms with E-state index in [0.29, 0.717) is 40.4 Å². The predicted molar refractivity (Wildman–Crippen MR) is 112 cm³/mol. The molecule has 1 aliphatic rings. The molecule has 160 valence electrons. The lowest BCUT2D eigenvalue weighted by molar-refractivity contribution is -0.122. The first kappa shape index (κ1) is 21.4. The summed E-state index contributed by atoms with van der Waals surface area (Å²) in [4.78, 5) is 12.9. The lowest BCUT2D eigenvalue weighted by Gasteiger charge is -2.23. The maximum Gasteiger partial charge on any atom is 0.290 e. The molecule has 1 aromatic carbocycles. The number of rotatable bonds is 4. The van der Waals surface area contributed by atoms with E-state index >= 15 is 0 Å². The van der Waals surface area contributed by atoms with Gasteiger partial charge in [0.1, 0.15) is 17.5 Å². The number of pyridine rings is 1. The van der Waals surface area contributed by atoms with Crippen LogP contribution in [0, 0.1) is 11.3 Å². The summed E-state index contributed by atoms with van der Waals surface area (Å²) in [5, 5.41) is 23.8. The molecule has 31 heavy (non-hydrogen) atoms. The second-order valence-electron chi connectivity index (χ2n) is 6.44. The topological polar surface area (TPSA) is 156 Å². The van der Waals surface area contributed by atoms with Crippen LogP contribution >= 0.6 is 0 Å². The number of nitrogens with one attached hydrogen (secondary N) is 1. The van der Waals surface area contributed by atoms with Crippen LogP contribution in [-0.4, -0.2) is 48.1 Å². The third-order valence-electron chi connectivity index (χ3n) is 5.01. The van der Waals surface area contributed by atoms with Gasteiger partial charge in [0.15, 0.2) is 11.5 Å². The summed E-state index contributed by atoms with van der Waals surface area (Å²) in [5.41, 5.74) is 11.5. The monoisotopic (exact) mass is 423 g/mol. The third kappa shape index (κ3) is 3.57. The van der Waals surface area contributed by atoms with Crippen molar-refractivity contribution in [1.29, 1.82) is 5.26 Å². The third-order valence-corrected chi connectivity index (χ3v) is 5.01.